The lowest BCUT2D eigenvalue weighted by atomic mass is 9.96. The zero-order valence-electron chi connectivity index (χ0n) is 20.9. The molecular weight excluding hydrogens is 486 g/mol. The number of hydrogen-bond donors (Lipinski definition) is 1. The summed E-state index contributed by atoms with van der Waals surface area (Å²) in [5.41, 5.74) is 6.74. The Balaban J connectivity index is 1.46. The largest absolute Gasteiger partial charge is 0.378 e. The number of benzene rings is 2. The normalized spacial score (nSPS) is 16.4. The summed E-state index contributed by atoms with van der Waals surface area (Å²) in [6.45, 7) is 6.37. The summed E-state index contributed by atoms with van der Waals surface area (Å²) >= 11 is 6.78. The van der Waals surface area contributed by atoms with Gasteiger partial charge in [-0.1, -0.05) is 35.9 Å². The number of piperazine rings is 1. The number of aryl methyl sites for hydroxylation is 1. The van der Waals surface area contributed by atoms with Gasteiger partial charge in [0.2, 0.25) is 0 Å². The lowest BCUT2D eigenvalue weighted by molar-refractivity contribution is 0.0303. The fourth-order valence-electron chi connectivity index (χ4n) is 5.43. The summed E-state index contributed by atoms with van der Waals surface area (Å²) in [6, 6.07) is 18.4. The van der Waals surface area contributed by atoms with E-state index in [0.29, 0.717) is 36.9 Å². The van der Waals surface area contributed by atoms with Gasteiger partial charge in [0.15, 0.2) is 0 Å². The molecule has 190 valence electrons. The van der Waals surface area contributed by atoms with Gasteiger partial charge in [0.25, 0.3) is 5.91 Å². The molecule has 0 aliphatic carbocycles. The van der Waals surface area contributed by atoms with Crippen molar-refractivity contribution in [3.05, 3.63) is 71.4 Å². The maximum Gasteiger partial charge on any atom is 0.254 e. The van der Waals surface area contributed by atoms with Gasteiger partial charge in [-0.05, 0) is 41.5 Å². The molecule has 0 radical (unpaired) electrons. The Morgan fingerprint density at radius 1 is 0.973 bits per heavy atom. The molecule has 0 unspecified atom stereocenters. The Hall–Kier alpha value is -3.39. The summed E-state index contributed by atoms with van der Waals surface area (Å²) in [7, 11) is 2.03. The quantitative estimate of drug-likeness (QED) is 0.435. The Labute approximate surface area is 221 Å². The number of halogens is 1. The summed E-state index contributed by atoms with van der Waals surface area (Å²) in [4.78, 5) is 22.2. The van der Waals surface area contributed by atoms with Gasteiger partial charge in [0.05, 0.1) is 23.9 Å². The second kappa shape index (κ2) is 10.2. The van der Waals surface area contributed by atoms with Crippen LogP contribution in [0.15, 0.2) is 60.8 Å². The molecule has 4 heterocycles. The van der Waals surface area contributed by atoms with Crippen LogP contribution < -0.4 is 10.2 Å². The van der Waals surface area contributed by atoms with Crippen LogP contribution in [0.3, 0.4) is 0 Å². The third-order valence-corrected chi connectivity index (χ3v) is 7.65. The summed E-state index contributed by atoms with van der Waals surface area (Å²) < 4.78 is 7.53. The first-order valence-electron chi connectivity index (χ1n) is 12.8. The number of anilines is 1. The third-order valence-electron chi connectivity index (χ3n) is 7.34. The number of aromatic nitrogens is 2. The van der Waals surface area contributed by atoms with Crippen LogP contribution in [-0.2, 0) is 11.8 Å². The molecule has 2 fully saturated rings. The monoisotopic (exact) mass is 515 g/mol. The minimum atomic E-state index is 0.0246. The predicted octanol–water partition coefficient (Wildman–Crippen LogP) is 4.44. The maximum absolute atomic E-state index is 13.3. The number of carbonyl (C=O) groups excluding carboxylic acids is 1. The SMILES string of the molecule is Cn1c(-c2ccc(N3CCNCC3)cc2)c(-c2cccc(C(=O)N3CCOCC3)c2)c2c(Cl)ccnc21. The average molecular weight is 516 g/mol. The fraction of sp³-hybridized carbons (Fsp3) is 0.310. The van der Waals surface area contributed by atoms with Crippen molar-refractivity contribution in [1.29, 1.82) is 0 Å². The molecule has 2 aromatic carbocycles. The van der Waals surface area contributed by atoms with E-state index in [0.717, 1.165) is 59.6 Å². The summed E-state index contributed by atoms with van der Waals surface area (Å²) in [5, 5.41) is 4.95. The van der Waals surface area contributed by atoms with Crippen molar-refractivity contribution in [2.45, 2.75) is 0 Å². The Morgan fingerprint density at radius 3 is 2.49 bits per heavy atom. The first-order valence-corrected chi connectivity index (χ1v) is 13.2. The van der Waals surface area contributed by atoms with E-state index < -0.39 is 0 Å². The molecule has 2 saturated heterocycles. The first kappa shape index (κ1) is 24.0. The fourth-order valence-corrected chi connectivity index (χ4v) is 5.67. The van der Waals surface area contributed by atoms with Crippen molar-refractivity contribution in [2.75, 3.05) is 57.4 Å². The Bertz CT molecular complexity index is 1440. The van der Waals surface area contributed by atoms with Crippen LogP contribution in [0.5, 0.6) is 0 Å². The van der Waals surface area contributed by atoms with Gasteiger partial charge in [-0.2, -0.15) is 0 Å². The van der Waals surface area contributed by atoms with E-state index in [1.165, 1.54) is 5.69 Å². The van der Waals surface area contributed by atoms with Crippen molar-refractivity contribution in [3.8, 4) is 22.4 Å². The highest BCUT2D eigenvalue weighted by Gasteiger charge is 2.24. The molecule has 1 N–H and O–H groups in total. The molecule has 7 nitrogen and oxygen atoms in total. The van der Waals surface area contributed by atoms with Crippen molar-refractivity contribution in [1.82, 2.24) is 19.8 Å². The number of nitrogens with one attached hydrogen (secondary N) is 1. The van der Waals surface area contributed by atoms with Gasteiger partial charge in [-0.25, -0.2) is 4.98 Å². The van der Waals surface area contributed by atoms with Crippen molar-refractivity contribution < 1.29 is 9.53 Å². The number of fused-ring (bicyclic) bond motifs is 1. The molecule has 0 atom stereocenters. The Kier molecular flexibility index (Phi) is 6.59. The van der Waals surface area contributed by atoms with Crippen LogP contribution in [0.2, 0.25) is 5.02 Å². The molecule has 1 amide bonds. The number of ether oxygens (including phenoxy) is 1. The smallest absolute Gasteiger partial charge is 0.254 e. The molecule has 2 aliphatic rings. The maximum atomic E-state index is 13.3. The number of pyridine rings is 1. The van der Waals surface area contributed by atoms with Crippen LogP contribution in [0.4, 0.5) is 5.69 Å². The van der Waals surface area contributed by atoms with Gasteiger partial charge in [0.1, 0.15) is 5.65 Å². The van der Waals surface area contributed by atoms with Crippen LogP contribution in [0.25, 0.3) is 33.4 Å². The summed E-state index contributed by atoms with van der Waals surface area (Å²) in [5.74, 6) is 0.0246. The molecule has 2 aliphatic heterocycles. The minimum Gasteiger partial charge on any atom is -0.378 e. The number of morpholine rings is 1. The first-order chi connectivity index (χ1) is 18.1. The van der Waals surface area contributed by atoms with Crippen LogP contribution >= 0.6 is 11.6 Å². The Morgan fingerprint density at radius 2 is 1.73 bits per heavy atom. The van der Waals surface area contributed by atoms with E-state index in [1.54, 1.807) is 6.20 Å². The molecule has 6 rings (SSSR count). The van der Waals surface area contributed by atoms with Gasteiger partial charge in [-0.15, -0.1) is 0 Å². The topological polar surface area (TPSA) is 62.6 Å². The second-order valence-corrected chi connectivity index (χ2v) is 9.95. The number of amides is 1. The molecule has 0 spiro atoms. The van der Waals surface area contributed by atoms with E-state index in [-0.39, 0.29) is 5.91 Å². The lowest BCUT2D eigenvalue weighted by Crippen LogP contribution is -2.43. The van der Waals surface area contributed by atoms with Crippen molar-refractivity contribution in [3.63, 3.8) is 0 Å². The zero-order chi connectivity index (χ0) is 25.4. The predicted molar refractivity (Wildman–Crippen MR) is 148 cm³/mol. The van der Waals surface area contributed by atoms with Crippen molar-refractivity contribution in [2.24, 2.45) is 7.05 Å². The lowest BCUT2D eigenvalue weighted by Gasteiger charge is -2.29. The van der Waals surface area contributed by atoms with Crippen LogP contribution in [0.1, 0.15) is 10.4 Å². The van der Waals surface area contributed by atoms with E-state index >= 15 is 0 Å². The zero-order valence-corrected chi connectivity index (χ0v) is 21.7. The van der Waals surface area contributed by atoms with E-state index in [9.17, 15) is 4.79 Å². The van der Waals surface area contributed by atoms with Crippen molar-refractivity contribution >= 4 is 34.2 Å². The highest BCUT2D eigenvalue weighted by Crippen LogP contribution is 2.43. The molecular formula is C29H30ClN5O2. The highest BCUT2D eigenvalue weighted by molar-refractivity contribution is 6.37. The standard InChI is InChI=1S/C29H30ClN5O2/c1-33-27(20-5-7-23(8-6-20)34-13-11-31-12-14-34)25(26-24(30)9-10-32-28(26)33)21-3-2-4-22(19-21)29(36)35-15-17-37-18-16-35/h2-10,19,31H,11-18H2,1H3. The molecule has 0 bridgehead atoms. The molecule has 4 aromatic rings. The van der Waals surface area contributed by atoms with E-state index in [2.05, 4.69) is 44.0 Å². The van der Waals surface area contributed by atoms with Crippen LogP contribution in [0, 0.1) is 0 Å². The average Bonchev–Trinajstić information content (AvgIpc) is 3.27. The number of carbonyl (C=O) groups is 1. The van der Waals surface area contributed by atoms with Crippen LogP contribution in [-0.4, -0.2) is 72.8 Å². The number of hydrogen-bond acceptors (Lipinski definition) is 5. The molecule has 0 saturated carbocycles. The van der Waals surface area contributed by atoms with Gasteiger partial charge in [-0.3, -0.25) is 4.79 Å². The minimum absolute atomic E-state index is 0.0246. The summed E-state index contributed by atoms with van der Waals surface area (Å²) in [6.07, 6.45) is 1.74. The molecule has 37 heavy (non-hydrogen) atoms. The second-order valence-electron chi connectivity index (χ2n) is 9.54. The molecule has 8 heteroatoms. The third kappa shape index (κ3) is 4.48. The molecule has 2 aromatic heterocycles. The number of nitrogens with zero attached hydrogens (tertiary/aromatic N) is 4. The van der Waals surface area contributed by atoms with E-state index in [1.807, 2.05) is 42.3 Å². The van der Waals surface area contributed by atoms with Gasteiger partial charge < -0.3 is 24.4 Å². The van der Waals surface area contributed by atoms with Gasteiger partial charge >= 0.3 is 0 Å². The van der Waals surface area contributed by atoms with E-state index in [4.69, 9.17) is 16.3 Å². The number of rotatable bonds is 4. The highest BCUT2D eigenvalue weighted by atomic mass is 35.5. The van der Waals surface area contributed by atoms with Gasteiger partial charge in [0, 0.05) is 74.7 Å².